The third-order valence-electron chi connectivity index (χ3n) is 5.01. The van der Waals surface area contributed by atoms with E-state index >= 15 is 0 Å². The van der Waals surface area contributed by atoms with Crippen molar-refractivity contribution in [2.24, 2.45) is 0 Å². The van der Waals surface area contributed by atoms with Crippen molar-refractivity contribution in [2.45, 2.75) is 0 Å². The van der Waals surface area contributed by atoms with Gasteiger partial charge in [0.2, 0.25) is 0 Å². The number of nitrogens with zero attached hydrogens (tertiary/aromatic N) is 3. The first kappa shape index (κ1) is 19.2. The maximum absolute atomic E-state index is 11.9. The molecule has 4 aromatic rings. The van der Waals surface area contributed by atoms with Gasteiger partial charge in [-0.15, -0.1) is 0 Å². The Morgan fingerprint density at radius 2 is 2.19 bits per heavy atom. The minimum Gasteiger partial charge on any atom is -0.482 e. The number of fused-ring (bicyclic) bond motifs is 2. The summed E-state index contributed by atoms with van der Waals surface area (Å²) in [7, 11) is 1.32. The summed E-state index contributed by atoms with van der Waals surface area (Å²) in [6.45, 7) is -0.0330. The predicted octanol–water partition coefficient (Wildman–Crippen LogP) is 3.06. The molecule has 0 atom stereocenters. The molecule has 2 aromatic heterocycles. The van der Waals surface area contributed by atoms with E-state index in [0.29, 0.717) is 51.0 Å². The molecule has 1 aliphatic heterocycles. The van der Waals surface area contributed by atoms with E-state index in [1.54, 1.807) is 47.1 Å². The van der Waals surface area contributed by atoms with Crippen LogP contribution in [0.15, 0.2) is 48.7 Å². The predicted molar refractivity (Wildman–Crippen MR) is 115 cm³/mol. The molecule has 1 amide bonds. The summed E-state index contributed by atoms with van der Waals surface area (Å²) in [6, 6.07) is 14.3. The minimum atomic E-state index is -0.454. The number of hydrogen-bond donors (Lipinski definition) is 3. The molecule has 158 valence electrons. The zero-order valence-corrected chi connectivity index (χ0v) is 16.8. The van der Waals surface area contributed by atoms with Crippen molar-refractivity contribution in [1.29, 1.82) is 5.26 Å². The number of hydrogen-bond acceptors (Lipinski definition) is 7. The van der Waals surface area contributed by atoms with Crippen LogP contribution in [0.3, 0.4) is 0 Å². The molecule has 0 spiro atoms. The molecule has 0 unspecified atom stereocenters. The first-order valence-electron chi connectivity index (χ1n) is 9.60. The van der Waals surface area contributed by atoms with Crippen LogP contribution in [-0.2, 0) is 9.53 Å². The number of benzene rings is 2. The van der Waals surface area contributed by atoms with Crippen molar-refractivity contribution >= 4 is 34.7 Å². The Hall–Kier alpha value is -4.78. The number of methoxy groups -OCH3 is 1. The topological polar surface area (TPSA) is 134 Å². The number of carbonyl (C=O) groups is 2. The number of amides is 1. The maximum Gasteiger partial charge on any atom is 0.337 e. The Labute approximate surface area is 181 Å². The van der Waals surface area contributed by atoms with Crippen LogP contribution >= 0.6 is 0 Å². The lowest BCUT2D eigenvalue weighted by molar-refractivity contribution is -0.118. The van der Waals surface area contributed by atoms with Crippen LogP contribution in [0, 0.1) is 11.3 Å². The number of nitrogens with one attached hydrogen (secondary N) is 3. The Morgan fingerprint density at radius 1 is 1.31 bits per heavy atom. The van der Waals surface area contributed by atoms with Gasteiger partial charge >= 0.3 is 5.97 Å². The van der Waals surface area contributed by atoms with E-state index in [4.69, 9.17) is 9.47 Å². The molecule has 5 rings (SSSR count). The highest BCUT2D eigenvalue weighted by atomic mass is 16.5. The lowest BCUT2D eigenvalue weighted by Crippen LogP contribution is -2.25. The van der Waals surface area contributed by atoms with Crippen LogP contribution < -0.4 is 15.4 Å². The number of anilines is 3. The average Bonchev–Trinajstić information content (AvgIpc) is 3.38. The normalized spacial score (nSPS) is 12.4. The quantitative estimate of drug-likeness (QED) is 0.425. The molecule has 0 bridgehead atoms. The van der Waals surface area contributed by atoms with E-state index in [-0.39, 0.29) is 12.5 Å². The van der Waals surface area contributed by atoms with Gasteiger partial charge < -0.3 is 20.1 Å². The number of esters is 1. The van der Waals surface area contributed by atoms with E-state index in [9.17, 15) is 14.9 Å². The summed E-state index contributed by atoms with van der Waals surface area (Å²) in [6.07, 6.45) is 1.56. The minimum absolute atomic E-state index is 0.0330. The second-order valence-electron chi connectivity index (χ2n) is 7.01. The van der Waals surface area contributed by atoms with Gasteiger partial charge in [0.25, 0.3) is 5.91 Å². The van der Waals surface area contributed by atoms with Crippen molar-refractivity contribution in [3.05, 3.63) is 59.8 Å². The second-order valence-corrected chi connectivity index (χ2v) is 7.01. The third kappa shape index (κ3) is 3.18. The number of imidazole rings is 1. The fraction of sp³-hybridized carbons (Fsp3) is 0.0909. The number of carbonyl (C=O) groups excluding carboxylic acids is 2. The molecule has 0 fully saturated rings. The highest BCUT2D eigenvalue weighted by Gasteiger charge is 2.22. The molecule has 0 saturated carbocycles. The molecular formula is C22H16N6O4. The Bertz CT molecular complexity index is 1430. The van der Waals surface area contributed by atoms with Gasteiger partial charge in [0.15, 0.2) is 18.1 Å². The number of ether oxygens (including phenoxy) is 2. The van der Waals surface area contributed by atoms with Crippen LogP contribution in [0.4, 0.5) is 17.2 Å². The second kappa shape index (κ2) is 7.48. The van der Waals surface area contributed by atoms with Gasteiger partial charge in [0.05, 0.1) is 18.4 Å². The van der Waals surface area contributed by atoms with E-state index in [1.165, 1.54) is 7.11 Å². The smallest absolute Gasteiger partial charge is 0.337 e. The van der Waals surface area contributed by atoms with Crippen molar-refractivity contribution in [1.82, 2.24) is 14.6 Å². The molecular weight excluding hydrogens is 412 g/mol. The molecule has 0 saturated heterocycles. The first-order chi connectivity index (χ1) is 15.6. The highest BCUT2D eigenvalue weighted by Crippen LogP contribution is 2.37. The largest absolute Gasteiger partial charge is 0.482 e. The molecule has 3 heterocycles. The summed E-state index contributed by atoms with van der Waals surface area (Å²) >= 11 is 0. The van der Waals surface area contributed by atoms with Gasteiger partial charge in [-0.25, -0.2) is 14.3 Å². The molecule has 3 N–H and O–H groups in total. The Morgan fingerprint density at radius 3 is 3.00 bits per heavy atom. The van der Waals surface area contributed by atoms with E-state index < -0.39 is 5.97 Å². The zero-order chi connectivity index (χ0) is 22.2. The third-order valence-corrected chi connectivity index (χ3v) is 5.01. The number of H-pyrrole nitrogens is 1. The molecule has 1 aliphatic rings. The summed E-state index contributed by atoms with van der Waals surface area (Å²) in [4.78, 5) is 28.3. The van der Waals surface area contributed by atoms with Gasteiger partial charge in [0.1, 0.15) is 23.1 Å². The van der Waals surface area contributed by atoms with Gasteiger partial charge in [-0.1, -0.05) is 6.07 Å². The summed E-state index contributed by atoms with van der Waals surface area (Å²) < 4.78 is 11.9. The molecule has 0 aliphatic carbocycles. The van der Waals surface area contributed by atoms with E-state index in [2.05, 4.69) is 26.8 Å². The van der Waals surface area contributed by atoms with Crippen molar-refractivity contribution in [3.63, 3.8) is 0 Å². The average molecular weight is 428 g/mol. The zero-order valence-electron chi connectivity index (χ0n) is 16.8. The Kier molecular flexibility index (Phi) is 4.49. The fourth-order valence-electron chi connectivity index (χ4n) is 3.53. The standard InChI is InChI=1S/C22H16N6O4/c1-31-22(30)13-3-2-4-15(7-13)25-21-19(27-20-14(9-23)10-24-28(20)21)12-5-6-17-16(8-12)26-18(29)11-32-17/h2-8,10,24-25H,11H2,1H3,(H,26,29). The molecule has 10 nitrogen and oxygen atoms in total. The van der Waals surface area contributed by atoms with Crippen LogP contribution in [0.2, 0.25) is 0 Å². The molecule has 2 aromatic carbocycles. The van der Waals surface area contributed by atoms with E-state index in [1.807, 2.05) is 6.07 Å². The molecule has 0 radical (unpaired) electrons. The Balaban J connectivity index is 1.63. The van der Waals surface area contributed by atoms with Gasteiger partial charge in [0, 0.05) is 17.4 Å². The number of aromatic nitrogens is 3. The van der Waals surface area contributed by atoms with Crippen LogP contribution in [0.5, 0.6) is 5.75 Å². The van der Waals surface area contributed by atoms with Gasteiger partial charge in [-0.3, -0.25) is 9.89 Å². The monoisotopic (exact) mass is 428 g/mol. The van der Waals surface area contributed by atoms with Crippen LogP contribution in [0.25, 0.3) is 16.9 Å². The highest BCUT2D eigenvalue weighted by molar-refractivity contribution is 5.97. The summed E-state index contributed by atoms with van der Waals surface area (Å²) in [5, 5.41) is 18.5. The van der Waals surface area contributed by atoms with Crippen molar-refractivity contribution in [3.8, 4) is 23.1 Å². The lowest BCUT2D eigenvalue weighted by Gasteiger charge is -2.18. The number of nitriles is 1. The van der Waals surface area contributed by atoms with Crippen molar-refractivity contribution in [2.75, 3.05) is 24.4 Å². The summed E-state index contributed by atoms with van der Waals surface area (Å²) in [5.41, 5.74) is 3.59. The number of rotatable bonds is 4. The molecule has 32 heavy (non-hydrogen) atoms. The van der Waals surface area contributed by atoms with Crippen LogP contribution in [-0.4, -0.2) is 40.2 Å². The fourth-order valence-corrected chi connectivity index (χ4v) is 3.53. The van der Waals surface area contributed by atoms with Gasteiger partial charge in [-0.05, 0) is 36.4 Å². The van der Waals surface area contributed by atoms with Crippen molar-refractivity contribution < 1.29 is 19.1 Å². The summed E-state index contributed by atoms with van der Waals surface area (Å²) in [5.74, 6) is 0.420. The maximum atomic E-state index is 11.9. The van der Waals surface area contributed by atoms with Crippen LogP contribution in [0.1, 0.15) is 15.9 Å². The van der Waals surface area contributed by atoms with Gasteiger partial charge in [-0.2, -0.15) is 5.26 Å². The first-order valence-corrected chi connectivity index (χ1v) is 9.60. The molecule has 10 heteroatoms. The SMILES string of the molecule is COC(=O)c1cccc(Nc2c(-c3ccc4c(c3)NC(=O)CO4)nc3c(C#N)c[nH]n23)c1. The number of aromatic amines is 1. The lowest BCUT2D eigenvalue weighted by atomic mass is 10.1. The van der Waals surface area contributed by atoms with E-state index in [0.717, 1.165) is 0 Å².